The summed E-state index contributed by atoms with van der Waals surface area (Å²) in [4.78, 5) is 14.8. The van der Waals surface area contributed by atoms with Crippen molar-refractivity contribution >= 4 is 31.9 Å². The van der Waals surface area contributed by atoms with Crippen molar-refractivity contribution in [2.45, 2.75) is 49.6 Å². The molecule has 0 atom stereocenters. The molecule has 31 heavy (non-hydrogen) atoms. The predicted octanol–water partition coefficient (Wildman–Crippen LogP) is 4.44. The van der Waals surface area contributed by atoms with Gasteiger partial charge in [0.05, 0.1) is 18.6 Å². The van der Waals surface area contributed by atoms with Gasteiger partial charge in [0.2, 0.25) is 15.9 Å². The van der Waals surface area contributed by atoms with Gasteiger partial charge >= 0.3 is 0 Å². The first-order chi connectivity index (χ1) is 14.8. The fraction of sp³-hybridized carbons (Fsp3) is 0.435. The predicted molar refractivity (Wildman–Crippen MR) is 124 cm³/mol. The number of carbonyl (C=O) groups is 1. The zero-order chi connectivity index (χ0) is 22.4. The van der Waals surface area contributed by atoms with Crippen LogP contribution in [0.1, 0.15) is 37.7 Å². The molecule has 0 aromatic heterocycles. The van der Waals surface area contributed by atoms with Gasteiger partial charge in [-0.15, -0.1) is 0 Å². The lowest BCUT2D eigenvalue weighted by Crippen LogP contribution is -2.47. The Morgan fingerprint density at radius 3 is 2.23 bits per heavy atom. The maximum atomic E-state index is 13.5. The minimum atomic E-state index is -3.78. The van der Waals surface area contributed by atoms with E-state index in [1.54, 1.807) is 43.3 Å². The van der Waals surface area contributed by atoms with Crippen LogP contribution in [0.25, 0.3) is 0 Å². The topological polar surface area (TPSA) is 66.9 Å². The van der Waals surface area contributed by atoms with Crippen LogP contribution in [0.3, 0.4) is 0 Å². The van der Waals surface area contributed by atoms with E-state index < -0.39 is 10.0 Å². The molecule has 6 nitrogen and oxygen atoms in total. The third-order valence-corrected chi connectivity index (χ3v) is 8.14. The van der Waals surface area contributed by atoms with Crippen molar-refractivity contribution < 1.29 is 17.9 Å². The lowest BCUT2D eigenvalue weighted by atomic mass is 9.95. The summed E-state index contributed by atoms with van der Waals surface area (Å²) in [7, 11) is -0.466. The summed E-state index contributed by atoms with van der Waals surface area (Å²) in [6.45, 7) is 0.245. The monoisotopic (exact) mass is 508 g/mol. The molecule has 0 saturated heterocycles. The number of methoxy groups -OCH3 is 1. The number of amides is 1. The molecular formula is C23H29BrN2O4S. The zero-order valence-electron chi connectivity index (χ0n) is 18.0. The average Bonchev–Trinajstić information content (AvgIpc) is 2.78. The van der Waals surface area contributed by atoms with Crippen LogP contribution in [-0.2, 0) is 21.4 Å². The molecule has 3 rings (SSSR count). The second-order valence-electron chi connectivity index (χ2n) is 7.89. The molecule has 1 fully saturated rings. The lowest BCUT2D eigenvalue weighted by molar-refractivity contribution is -0.131. The molecule has 2 aromatic rings. The Morgan fingerprint density at radius 2 is 1.65 bits per heavy atom. The number of sulfonamides is 1. The van der Waals surface area contributed by atoms with Crippen molar-refractivity contribution in [3.05, 3.63) is 58.6 Å². The van der Waals surface area contributed by atoms with Gasteiger partial charge < -0.3 is 9.64 Å². The summed E-state index contributed by atoms with van der Waals surface area (Å²) in [5, 5.41) is 0. The van der Waals surface area contributed by atoms with Crippen LogP contribution in [0.15, 0.2) is 57.9 Å². The SMILES string of the molecule is COc1ccc(CN(C)C(=O)CN(C2CCCCC2)S(=O)(=O)c2ccc(Br)cc2)cc1. The third-order valence-electron chi connectivity index (χ3n) is 5.70. The van der Waals surface area contributed by atoms with E-state index in [4.69, 9.17) is 4.74 Å². The van der Waals surface area contributed by atoms with Gasteiger partial charge in [0, 0.05) is 24.1 Å². The van der Waals surface area contributed by atoms with Crippen LogP contribution in [0.5, 0.6) is 5.75 Å². The summed E-state index contributed by atoms with van der Waals surface area (Å²) in [6.07, 6.45) is 4.63. The second-order valence-corrected chi connectivity index (χ2v) is 10.7. The number of ether oxygens (including phenoxy) is 1. The van der Waals surface area contributed by atoms with Gasteiger partial charge in [-0.1, -0.05) is 47.3 Å². The van der Waals surface area contributed by atoms with Crippen molar-refractivity contribution in [3.63, 3.8) is 0 Å². The molecule has 0 aliphatic heterocycles. The number of carbonyl (C=O) groups excluding carboxylic acids is 1. The van der Waals surface area contributed by atoms with Gasteiger partial charge in [-0.3, -0.25) is 4.79 Å². The Kier molecular flexibility index (Phi) is 8.13. The highest BCUT2D eigenvalue weighted by Gasteiger charge is 2.34. The maximum absolute atomic E-state index is 13.5. The molecule has 0 radical (unpaired) electrons. The molecule has 168 valence electrons. The molecule has 2 aromatic carbocycles. The summed E-state index contributed by atoms with van der Waals surface area (Å²) in [6, 6.07) is 13.9. The quantitative estimate of drug-likeness (QED) is 0.528. The zero-order valence-corrected chi connectivity index (χ0v) is 20.4. The van der Waals surface area contributed by atoms with Crippen LogP contribution in [-0.4, -0.2) is 50.3 Å². The molecule has 0 heterocycles. The number of benzene rings is 2. The highest BCUT2D eigenvalue weighted by Crippen LogP contribution is 2.28. The molecule has 1 saturated carbocycles. The Morgan fingerprint density at radius 1 is 1.03 bits per heavy atom. The van der Waals surface area contributed by atoms with Gasteiger partial charge in [0.15, 0.2) is 0 Å². The van der Waals surface area contributed by atoms with Crippen LogP contribution < -0.4 is 4.74 Å². The smallest absolute Gasteiger partial charge is 0.243 e. The molecule has 1 amide bonds. The van der Waals surface area contributed by atoms with Crippen molar-refractivity contribution in [2.75, 3.05) is 20.7 Å². The first kappa shape index (κ1) is 23.8. The summed E-state index contributed by atoms with van der Waals surface area (Å²) >= 11 is 3.35. The number of hydrogen-bond acceptors (Lipinski definition) is 4. The Hall–Kier alpha value is -1.90. The van der Waals surface area contributed by atoms with Crippen molar-refractivity contribution in [1.82, 2.24) is 9.21 Å². The number of nitrogens with zero attached hydrogens (tertiary/aromatic N) is 2. The number of rotatable bonds is 8. The van der Waals surface area contributed by atoms with Crippen LogP contribution in [0, 0.1) is 0 Å². The van der Waals surface area contributed by atoms with E-state index in [1.165, 1.54) is 4.31 Å². The molecule has 1 aliphatic rings. The van der Waals surface area contributed by atoms with E-state index in [0.29, 0.717) is 6.54 Å². The summed E-state index contributed by atoms with van der Waals surface area (Å²) in [5.74, 6) is 0.531. The van der Waals surface area contributed by atoms with E-state index >= 15 is 0 Å². The lowest BCUT2D eigenvalue weighted by Gasteiger charge is -2.34. The van der Waals surface area contributed by atoms with E-state index in [2.05, 4.69) is 15.9 Å². The Balaban J connectivity index is 1.78. The van der Waals surface area contributed by atoms with E-state index in [-0.39, 0.29) is 23.4 Å². The molecule has 0 spiro atoms. The van der Waals surface area contributed by atoms with Gasteiger partial charge in [-0.25, -0.2) is 8.42 Å². The molecular weight excluding hydrogens is 480 g/mol. The van der Waals surface area contributed by atoms with E-state index in [0.717, 1.165) is 47.9 Å². The normalized spacial score (nSPS) is 15.1. The summed E-state index contributed by atoms with van der Waals surface area (Å²) < 4.78 is 34.3. The van der Waals surface area contributed by atoms with Gasteiger partial charge in [-0.05, 0) is 54.8 Å². The highest BCUT2D eigenvalue weighted by atomic mass is 79.9. The average molecular weight is 509 g/mol. The maximum Gasteiger partial charge on any atom is 0.243 e. The first-order valence-corrected chi connectivity index (χ1v) is 12.7. The summed E-state index contributed by atoms with van der Waals surface area (Å²) in [5.41, 5.74) is 0.955. The van der Waals surface area contributed by atoms with Gasteiger partial charge in [0.1, 0.15) is 5.75 Å². The van der Waals surface area contributed by atoms with Crippen LogP contribution >= 0.6 is 15.9 Å². The fourth-order valence-electron chi connectivity index (χ4n) is 3.87. The second kappa shape index (κ2) is 10.6. The third kappa shape index (κ3) is 6.08. The highest BCUT2D eigenvalue weighted by molar-refractivity contribution is 9.10. The number of likely N-dealkylation sites (N-methyl/N-ethyl adjacent to an activating group) is 1. The number of halogens is 1. The van der Waals surface area contributed by atoms with Crippen molar-refractivity contribution in [1.29, 1.82) is 0 Å². The van der Waals surface area contributed by atoms with Crippen molar-refractivity contribution in [2.24, 2.45) is 0 Å². The first-order valence-electron chi connectivity index (χ1n) is 10.5. The van der Waals surface area contributed by atoms with Gasteiger partial charge in [0.25, 0.3) is 0 Å². The Bertz CT molecular complexity index is 972. The standard InChI is InChI=1S/C23H29BrN2O4S/c1-25(16-18-8-12-21(30-2)13-9-18)23(27)17-26(20-6-4-3-5-7-20)31(28,29)22-14-10-19(24)11-15-22/h8-15,20H,3-7,16-17H2,1-2H3. The Labute approximate surface area is 193 Å². The minimum Gasteiger partial charge on any atom is -0.497 e. The minimum absolute atomic E-state index is 0.152. The molecule has 1 aliphatic carbocycles. The van der Waals surface area contributed by atoms with Crippen LogP contribution in [0.2, 0.25) is 0 Å². The molecule has 0 N–H and O–H groups in total. The van der Waals surface area contributed by atoms with Crippen LogP contribution in [0.4, 0.5) is 0 Å². The van der Waals surface area contributed by atoms with Gasteiger partial charge in [-0.2, -0.15) is 4.31 Å². The molecule has 8 heteroatoms. The largest absolute Gasteiger partial charge is 0.497 e. The number of hydrogen-bond donors (Lipinski definition) is 0. The fourth-order valence-corrected chi connectivity index (χ4v) is 5.77. The van der Waals surface area contributed by atoms with E-state index in [1.807, 2.05) is 24.3 Å². The molecule has 0 unspecified atom stereocenters. The molecule has 0 bridgehead atoms. The van der Waals surface area contributed by atoms with Crippen molar-refractivity contribution in [3.8, 4) is 5.75 Å². The van der Waals surface area contributed by atoms with E-state index in [9.17, 15) is 13.2 Å².